The van der Waals surface area contributed by atoms with Gasteiger partial charge in [0.15, 0.2) is 0 Å². The van der Waals surface area contributed by atoms with Crippen LogP contribution < -0.4 is 5.32 Å². The normalized spacial score (nSPS) is 12.1. The van der Waals surface area contributed by atoms with E-state index in [-0.39, 0.29) is 11.7 Å². The largest absolute Gasteiger partial charge is 0.508 e. The molecule has 0 aliphatic carbocycles. The lowest BCUT2D eigenvalue weighted by molar-refractivity contribution is 0.0953. The smallest absolute Gasteiger partial charge is 0.251 e. The fourth-order valence-electron chi connectivity index (χ4n) is 1.30. The fraction of sp³-hybridized carbons (Fsp3) is 0.417. The Bertz CT molecular complexity index is 355. The number of alkyl halides is 1. The highest BCUT2D eigenvalue weighted by molar-refractivity contribution is 9.09. The van der Waals surface area contributed by atoms with Crippen LogP contribution in [0.5, 0.6) is 5.75 Å². The van der Waals surface area contributed by atoms with Crippen molar-refractivity contribution < 1.29 is 9.90 Å². The second-order valence-electron chi connectivity index (χ2n) is 3.60. The molecule has 16 heavy (non-hydrogen) atoms. The van der Waals surface area contributed by atoms with E-state index in [1.165, 1.54) is 6.07 Å². The molecule has 0 heterocycles. The van der Waals surface area contributed by atoms with Crippen molar-refractivity contribution in [3.8, 4) is 5.75 Å². The first-order valence-electron chi connectivity index (χ1n) is 5.34. The Morgan fingerprint density at radius 2 is 2.31 bits per heavy atom. The van der Waals surface area contributed by atoms with E-state index in [9.17, 15) is 9.90 Å². The molecule has 1 unspecified atom stereocenters. The predicted octanol–water partition coefficient (Wildman–Crippen LogP) is 2.69. The lowest BCUT2D eigenvalue weighted by Gasteiger charge is -2.08. The minimum atomic E-state index is -0.147. The van der Waals surface area contributed by atoms with Gasteiger partial charge in [0.2, 0.25) is 0 Å². The molecule has 0 saturated carbocycles. The van der Waals surface area contributed by atoms with Crippen molar-refractivity contribution in [2.24, 2.45) is 0 Å². The molecule has 0 radical (unpaired) electrons. The predicted molar refractivity (Wildman–Crippen MR) is 68.1 cm³/mol. The highest BCUT2D eigenvalue weighted by Gasteiger charge is 2.06. The zero-order valence-electron chi connectivity index (χ0n) is 9.24. The number of amides is 1. The number of benzene rings is 1. The van der Waals surface area contributed by atoms with E-state index < -0.39 is 0 Å². The Kier molecular flexibility index (Phi) is 5.32. The second-order valence-corrected chi connectivity index (χ2v) is 4.90. The van der Waals surface area contributed by atoms with Gasteiger partial charge in [0.25, 0.3) is 5.91 Å². The van der Waals surface area contributed by atoms with Crippen LogP contribution in [0.2, 0.25) is 0 Å². The Balaban J connectivity index is 2.41. The Morgan fingerprint density at radius 3 is 2.94 bits per heavy atom. The van der Waals surface area contributed by atoms with E-state index in [0.717, 1.165) is 12.8 Å². The minimum Gasteiger partial charge on any atom is -0.508 e. The first-order valence-corrected chi connectivity index (χ1v) is 6.26. The van der Waals surface area contributed by atoms with Crippen LogP contribution in [0.1, 0.15) is 30.1 Å². The van der Waals surface area contributed by atoms with Crippen molar-refractivity contribution in [3.05, 3.63) is 29.8 Å². The van der Waals surface area contributed by atoms with Crippen LogP contribution in [0.25, 0.3) is 0 Å². The van der Waals surface area contributed by atoms with Crippen molar-refractivity contribution in [2.45, 2.75) is 24.6 Å². The highest BCUT2D eigenvalue weighted by atomic mass is 79.9. The molecular weight excluding hydrogens is 270 g/mol. The fourth-order valence-corrected chi connectivity index (χ4v) is 1.52. The quantitative estimate of drug-likeness (QED) is 0.818. The van der Waals surface area contributed by atoms with Gasteiger partial charge in [-0.2, -0.15) is 0 Å². The Morgan fingerprint density at radius 1 is 1.56 bits per heavy atom. The number of phenols is 1. The molecule has 1 rings (SSSR count). The molecule has 1 atom stereocenters. The average molecular weight is 286 g/mol. The maximum Gasteiger partial charge on any atom is 0.251 e. The van der Waals surface area contributed by atoms with Crippen molar-refractivity contribution in [3.63, 3.8) is 0 Å². The summed E-state index contributed by atoms with van der Waals surface area (Å²) in [5.74, 6) is -0.0359. The molecule has 88 valence electrons. The first kappa shape index (κ1) is 13.0. The van der Waals surface area contributed by atoms with Gasteiger partial charge >= 0.3 is 0 Å². The number of halogens is 1. The molecule has 0 fully saturated rings. The van der Waals surface area contributed by atoms with Crippen molar-refractivity contribution in [2.75, 3.05) is 6.54 Å². The van der Waals surface area contributed by atoms with Gasteiger partial charge in [0, 0.05) is 16.9 Å². The van der Waals surface area contributed by atoms with Gasteiger partial charge in [-0.1, -0.05) is 28.9 Å². The molecule has 1 aromatic carbocycles. The summed E-state index contributed by atoms with van der Waals surface area (Å²) in [6.07, 6.45) is 1.95. The number of hydrogen-bond donors (Lipinski definition) is 2. The van der Waals surface area contributed by atoms with Gasteiger partial charge in [-0.15, -0.1) is 0 Å². The molecule has 4 heteroatoms. The van der Waals surface area contributed by atoms with Crippen molar-refractivity contribution >= 4 is 21.8 Å². The third-order valence-electron chi connectivity index (χ3n) is 2.29. The topological polar surface area (TPSA) is 49.3 Å². The number of phenolic OH excluding ortho intramolecular Hbond substituents is 1. The van der Waals surface area contributed by atoms with Gasteiger partial charge in [-0.25, -0.2) is 0 Å². The third kappa shape index (κ3) is 4.23. The molecule has 0 spiro atoms. The number of aromatic hydroxyl groups is 1. The number of rotatable bonds is 5. The molecular formula is C12H16BrNO2. The van der Waals surface area contributed by atoms with Crippen molar-refractivity contribution in [1.29, 1.82) is 0 Å². The summed E-state index contributed by atoms with van der Waals surface area (Å²) in [6.45, 7) is 2.73. The SMILES string of the molecule is CCC(Br)CCNC(=O)c1cccc(O)c1. The summed E-state index contributed by atoms with van der Waals surface area (Å²) in [7, 11) is 0. The van der Waals surface area contributed by atoms with Crippen LogP contribution in [0, 0.1) is 0 Å². The summed E-state index contributed by atoms with van der Waals surface area (Å²) in [4.78, 5) is 12.1. The molecule has 0 aliphatic rings. The van der Waals surface area contributed by atoms with E-state index in [1.54, 1.807) is 18.2 Å². The zero-order chi connectivity index (χ0) is 12.0. The number of carbonyl (C=O) groups is 1. The standard InChI is InChI=1S/C12H16BrNO2/c1-2-10(13)6-7-14-12(16)9-4-3-5-11(15)8-9/h3-5,8,10,15H,2,6-7H2,1H3,(H,14,16). The third-order valence-corrected chi connectivity index (χ3v) is 3.40. The van der Waals surface area contributed by atoms with E-state index >= 15 is 0 Å². The van der Waals surface area contributed by atoms with E-state index in [0.29, 0.717) is 16.9 Å². The summed E-state index contributed by atoms with van der Waals surface area (Å²) in [5, 5.41) is 12.0. The van der Waals surface area contributed by atoms with Gasteiger partial charge in [-0.05, 0) is 31.0 Å². The van der Waals surface area contributed by atoms with Crippen LogP contribution in [-0.4, -0.2) is 22.4 Å². The van der Waals surface area contributed by atoms with E-state index in [2.05, 4.69) is 28.2 Å². The van der Waals surface area contributed by atoms with Gasteiger partial charge < -0.3 is 10.4 Å². The molecule has 0 aromatic heterocycles. The first-order chi connectivity index (χ1) is 7.63. The molecule has 0 aliphatic heterocycles. The lowest BCUT2D eigenvalue weighted by Crippen LogP contribution is -2.25. The average Bonchev–Trinajstić information content (AvgIpc) is 2.28. The Labute approximate surface area is 104 Å². The molecule has 3 nitrogen and oxygen atoms in total. The highest BCUT2D eigenvalue weighted by Crippen LogP contribution is 2.11. The number of carbonyl (C=O) groups excluding carboxylic acids is 1. The molecule has 2 N–H and O–H groups in total. The molecule has 1 aromatic rings. The number of nitrogens with one attached hydrogen (secondary N) is 1. The minimum absolute atomic E-state index is 0.111. The maximum atomic E-state index is 11.6. The van der Waals surface area contributed by atoms with Crippen LogP contribution in [0.15, 0.2) is 24.3 Å². The summed E-state index contributed by atoms with van der Waals surface area (Å²) in [6, 6.07) is 6.34. The summed E-state index contributed by atoms with van der Waals surface area (Å²) >= 11 is 3.50. The van der Waals surface area contributed by atoms with Gasteiger partial charge in [-0.3, -0.25) is 4.79 Å². The summed E-state index contributed by atoms with van der Waals surface area (Å²) in [5.41, 5.74) is 0.489. The van der Waals surface area contributed by atoms with Crippen LogP contribution in [-0.2, 0) is 0 Å². The second kappa shape index (κ2) is 6.53. The van der Waals surface area contributed by atoms with Crippen LogP contribution in [0.4, 0.5) is 0 Å². The molecule has 0 saturated heterocycles. The van der Waals surface area contributed by atoms with Crippen LogP contribution in [0.3, 0.4) is 0 Å². The summed E-state index contributed by atoms with van der Waals surface area (Å²) < 4.78 is 0. The maximum absolute atomic E-state index is 11.6. The lowest BCUT2D eigenvalue weighted by atomic mass is 10.2. The molecule has 1 amide bonds. The zero-order valence-corrected chi connectivity index (χ0v) is 10.8. The van der Waals surface area contributed by atoms with Gasteiger partial charge in [0.05, 0.1) is 0 Å². The van der Waals surface area contributed by atoms with Crippen molar-refractivity contribution in [1.82, 2.24) is 5.32 Å². The number of hydrogen-bond acceptors (Lipinski definition) is 2. The van der Waals surface area contributed by atoms with Crippen LogP contribution >= 0.6 is 15.9 Å². The monoisotopic (exact) mass is 285 g/mol. The van der Waals surface area contributed by atoms with E-state index in [4.69, 9.17) is 0 Å². The molecule has 0 bridgehead atoms. The Hall–Kier alpha value is -1.03. The van der Waals surface area contributed by atoms with Gasteiger partial charge in [0.1, 0.15) is 5.75 Å². The van der Waals surface area contributed by atoms with E-state index in [1.807, 2.05) is 0 Å².